The molecule has 0 radical (unpaired) electrons. The van der Waals surface area contributed by atoms with Gasteiger partial charge in [0.2, 0.25) is 5.91 Å². The van der Waals surface area contributed by atoms with Gasteiger partial charge in [0.15, 0.2) is 0 Å². The predicted molar refractivity (Wildman–Crippen MR) is 81.1 cm³/mol. The molecule has 19 heavy (non-hydrogen) atoms. The monoisotopic (exact) mass is 268 g/mol. The molecule has 3 nitrogen and oxygen atoms in total. The van der Waals surface area contributed by atoms with Crippen molar-refractivity contribution in [3.05, 3.63) is 0 Å². The summed E-state index contributed by atoms with van der Waals surface area (Å²) in [5.41, 5.74) is 0.0960. The lowest BCUT2D eigenvalue weighted by Gasteiger charge is -2.28. The Balaban J connectivity index is 2.07. The lowest BCUT2D eigenvalue weighted by molar-refractivity contribution is -0.121. The van der Waals surface area contributed by atoms with Crippen molar-refractivity contribution >= 4 is 5.91 Å². The molecule has 0 atom stereocenters. The van der Waals surface area contributed by atoms with Crippen LogP contribution in [0.5, 0.6) is 0 Å². The summed E-state index contributed by atoms with van der Waals surface area (Å²) in [5.74, 6) is 1.83. The lowest BCUT2D eigenvalue weighted by Crippen LogP contribution is -2.39. The number of rotatable bonds is 6. The number of amides is 1. The zero-order valence-corrected chi connectivity index (χ0v) is 13.2. The van der Waals surface area contributed by atoms with Crippen molar-refractivity contribution in [1.82, 2.24) is 10.6 Å². The maximum absolute atomic E-state index is 11.7. The average Bonchev–Trinajstić information content (AvgIpc) is 2.35. The van der Waals surface area contributed by atoms with E-state index in [0.29, 0.717) is 12.3 Å². The molecule has 0 heterocycles. The van der Waals surface area contributed by atoms with Crippen LogP contribution < -0.4 is 10.6 Å². The Kier molecular flexibility index (Phi) is 6.84. The summed E-state index contributed by atoms with van der Waals surface area (Å²) >= 11 is 0. The van der Waals surface area contributed by atoms with E-state index < -0.39 is 0 Å². The van der Waals surface area contributed by atoms with Gasteiger partial charge in [0.25, 0.3) is 0 Å². The number of carbonyl (C=O) groups is 1. The van der Waals surface area contributed by atoms with E-state index in [1.54, 1.807) is 0 Å². The van der Waals surface area contributed by atoms with Gasteiger partial charge in [-0.1, -0.05) is 26.2 Å². The molecule has 0 saturated heterocycles. The zero-order valence-electron chi connectivity index (χ0n) is 13.2. The van der Waals surface area contributed by atoms with Crippen molar-refractivity contribution in [3.63, 3.8) is 0 Å². The predicted octanol–water partition coefficient (Wildman–Crippen LogP) is 3.10. The molecule has 112 valence electrons. The van der Waals surface area contributed by atoms with E-state index in [2.05, 4.69) is 38.3 Å². The fourth-order valence-corrected chi connectivity index (χ4v) is 2.74. The summed E-state index contributed by atoms with van der Waals surface area (Å²) in [5, 5.41) is 6.44. The highest BCUT2D eigenvalue weighted by Gasteiger charge is 2.20. The molecule has 0 aliphatic heterocycles. The lowest BCUT2D eigenvalue weighted by atomic mass is 9.81. The second kappa shape index (κ2) is 7.88. The van der Waals surface area contributed by atoms with Crippen LogP contribution in [0.1, 0.15) is 66.2 Å². The summed E-state index contributed by atoms with van der Waals surface area (Å²) in [4.78, 5) is 11.7. The smallest absolute Gasteiger partial charge is 0.221 e. The molecule has 0 aromatic rings. The van der Waals surface area contributed by atoms with Gasteiger partial charge in [-0.15, -0.1) is 0 Å². The number of hydrogen-bond acceptors (Lipinski definition) is 2. The van der Waals surface area contributed by atoms with Gasteiger partial charge in [0, 0.05) is 25.0 Å². The molecule has 0 bridgehead atoms. The van der Waals surface area contributed by atoms with E-state index in [0.717, 1.165) is 19.0 Å². The normalized spacial score (nSPS) is 24.2. The van der Waals surface area contributed by atoms with Crippen molar-refractivity contribution in [2.75, 3.05) is 13.1 Å². The maximum atomic E-state index is 11.7. The third-order valence-corrected chi connectivity index (χ3v) is 4.14. The van der Waals surface area contributed by atoms with E-state index in [4.69, 9.17) is 0 Å². The minimum atomic E-state index is 0.0960. The summed E-state index contributed by atoms with van der Waals surface area (Å²) < 4.78 is 0. The number of hydrogen-bond donors (Lipinski definition) is 2. The first-order valence-electron chi connectivity index (χ1n) is 7.92. The molecule has 1 aliphatic rings. The maximum Gasteiger partial charge on any atom is 0.221 e. The van der Waals surface area contributed by atoms with Crippen LogP contribution in [0.25, 0.3) is 0 Å². The Morgan fingerprint density at radius 3 is 2.21 bits per heavy atom. The number of nitrogens with one attached hydrogen (secondary N) is 2. The highest BCUT2D eigenvalue weighted by Crippen LogP contribution is 2.29. The Labute approximate surface area is 118 Å². The van der Waals surface area contributed by atoms with Gasteiger partial charge >= 0.3 is 0 Å². The molecule has 2 N–H and O–H groups in total. The molecule has 1 fully saturated rings. The Hall–Kier alpha value is -0.570. The van der Waals surface area contributed by atoms with Crippen LogP contribution in [0.3, 0.4) is 0 Å². The second-order valence-corrected chi connectivity index (χ2v) is 7.03. The minimum Gasteiger partial charge on any atom is -0.356 e. The molecule has 0 aromatic carbocycles. The van der Waals surface area contributed by atoms with Gasteiger partial charge in [-0.3, -0.25) is 4.79 Å². The topological polar surface area (TPSA) is 41.1 Å². The highest BCUT2D eigenvalue weighted by molar-refractivity contribution is 5.76. The van der Waals surface area contributed by atoms with Gasteiger partial charge in [-0.2, -0.15) is 0 Å². The first kappa shape index (κ1) is 16.5. The number of carbonyl (C=O) groups excluding carboxylic acids is 1. The van der Waals surface area contributed by atoms with Crippen molar-refractivity contribution in [3.8, 4) is 0 Å². The van der Waals surface area contributed by atoms with Crippen LogP contribution >= 0.6 is 0 Å². The van der Waals surface area contributed by atoms with Gasteiger partial charge in [0.05, 0.1) is 0 Å². The van der Waals surface area contributed by atoms with Crippen LogP contribution in [0.15, 0.2) is 0 Å². The van der Waals surface area contributed by atoms with Crippen LogP contribution in [0.2, 0.25) is 0 Å². The van der Waals surface area contributed by atoms with E-state index in [1.165, 1.54) is 32.1 Å². The standard InChI is InChI=1S/C16H32N2O/c1-5-13-6-8-14(9-7-13)12-17-15(19)10-11-18-16(2,3)4/h13-14,18H,5-12H2,1-4H3,(H,17,19). The molecular formula is C16H32N2O. The summed E-state index contributed by atoms with van der Waals surface area (Å²) in [7, 11) is 0. The van der Waals surface area contributed by atoms with Crippen LogP contribution in [0, 0.1) is 11.8 Å². The Bertz CT molecular complexity index is 262. The SMILES string of the molecule is CCC1CCC(CNC(=O)CCNC(C)(C)C)CC1. The van der Waals surface area contributed by atoms with Crippen molar-refractivity contribution < 1.29 is 4.79 Å². The molecule has 0 aromatic heterocycles. The van der Waals surface area contributed by atoms with Crippen LogP contribution in [-0.4, -0.2) is 24.5 Å². The minimum absolute atomic E-state index is 0.0960. The van der Waals surface area contributed by atoms with Gasteiger partial charge in [-0.25, -0.2) is 0 Å². The van der Waals surface area contributed by atoms with Crippen molar-refractivity contribution in [2.24, 2.45) is 11.8 Å². The molecule has 1 aliphatic carbocycles. The molecule has 3 heteroatoms. The van der Waals surface area contributed by atoms with Crippen LogP contribution in [0.4, 0.5) is 0 Å². The summed E-state index contributed by atoms with van der Waals surface area (Å²) in [6.45, 7) is 10.3. The third kappa shape index (κ3) is 7.56. The molecule has 0 unspecified atom stereocenters. The molecule has 1 rings (SSSR count). The fraction of sp³-hybridized carbons (Fsp3) is 0.938. The second-order valence-electron chi connectivity index (χ2n) is 7.03. The van der Waals surface area contributed by atoms with Gasteiger partial charge in [-0.05, 0) is 45.4 Å². The van der Waals surface area contributed by atoms with Crippen molar-refractivity contribution in [1.29, 1.82) is 0 Å². The largest absolute Gasteiger partial charge is 0.356 e. The highest BCUT2D eigenvalue weighted by atomic mass is 16.1. The first-order valence-corrected chi connectivity index (χ1v) is 7.92. The van der Waals surface area contributed by atoms with Crippen molar-refractivity contribution in [2.45, 2.75) is 71.8 Å². The van der Waals surface area contributed by atoms with Crippen LogP contribution in [-0.2, 0) is 4.79 Å². The molecular weight excluding hydrogens is 236 g/mol. The molecule has 0 spiro atoms. The van der Waals surface area contributed by atoms with E-state index in [-0.39, 0.29) is 11.4 Å². The molecule has 1 saturated carbocycles. The summed E-state index contributed by atoms with van der Waals surface area (Å²) in [6, 6.07) is 0. The van der Waals surface area contributed by atoms with E-state index in [9.17, 15) is 4.79 Å². The Morgan fingerprint density at radius 1 is 1.11 bits per heavy atom. The van der Waals surface area contributed by atoms with E-state index in [1.807, 2.05) is 0 Å². The summed E-state index contributed by atoms with van der Waals surface area (Å²) in [6.07, 6.45) is 7.18. The van der Waals surface area contributed by atoms with Gasteiger partial charge in [0.1, 0.15) is 0 Å². The van der Waals surface area contributed by atoms with Gasteiger partial charge < -0.3 is 10.6 Å². The quantitative estimate of drug-likeness (QED) is 0.777. The zero-order chi connectivity index (χ0) is 14.3. The first-order chi connectivity index (χ1) is 8.90. The Morgan fingerprint density at radius 2 is 1.68 bits per heavy atom. The average molecular weight is 268 g/mol. The fourth-order valence-electron chi connectivity index (χ4n) is 2.74. The van der Waals surface area contributed by atoms with E-state index >= 15 is 0 Å². The molecule has 1 amide bonds. The third-order valence-electron chi connectivity index (χ3n) is 4.14.